The molecule has 0 aliphatic carbocycles. The lowest BCUT2D eigenvalue weighted by atomic mass is 10.2. The van der Waals surface area contributed by atoms with Gasteiger partial charge < -0.3 is 0 Å². The Balaban J connectivity index is 0.00000121. The van der Waals surface area contributed by atoms with Gasteiger partial charge in [0.25, 0.3) is 0 Å². The van der Waals surface area contributed by atoms with Crippen molar-refractivity contribution in [2.45, 2.75) is 39.0 Å². The maximum Gasteiger partial charge on any atom is 0.152 e. The first-order valence-electron chi connectivity index (χ1n) is 6.05. The highest BCUT2D eigenvalue weighted by Crippen LogP contribution is 2.18. The van der Waals surface area contributed by atoms with E-state index in [0.717, 1.165) is 12.2 Å². The number of allylic oxidation sites excluding steroid dienone is 2. The van der Waals surface area contributed by atoms with E-state index in [4.69, 9.17) is 0 Å². The number of carbonyl (C=O) groups is 1. The fraction of sp³-hybridized carbons (Fsp3) is 0.400. The standard InChI is InChI=1S/C13H16OS.C2H6/c1-11-6-8-13(9-7-11)15-10-4-3-5-12(2)14;1-2/h3,5-9H,4,10H2,1-2H3;1-2H3/b5-3+;. The number of aryl methyl sites for hydroxylation is 1. The fourth-order valence-corrected chi connectivity index (χ4v) is 1.95. The molecule has 1 aromatic carbocycles. The SMILES string of the molecule is CC.CC(=O)/C=C/CCSc1ccc(C)cc1. The van der Waals surface area contributed by atoms with Crippen LogP contribution in [-0.2, 0) is 4.79 Å². The lowest BCUT2D eigenvalue weighted by Gasteiger charge is -1.99. The van der Waals surface area contributed by atoms with E-state index in [1.54, 1.807) is 13.0 Å². The van der Waals surface area contributed by atoms with Gasteiger partial charge in [-0.15, -0.1) is 11.8 Å². The van der Waals surface area contributed by atoms with E-state index < -0.39 is 0 Å². The van der Waals surface area contributed by atoms with Crippen molar-refractivity contribution in [3.63, 3.8) is 0 Å². The molecule has 0 aliphatic rings. The fourth-order valence-electron chi connectivity index (χ4n) is 1.13. The average Bonchev–Trinajstić information content (AvgIpc) is 2.33. The first-order valence-corrected chi connectivity index (χ1v) is 7.03. The Morgan fingerprint density at radius 3 is 2.35 bits per heavy atom. The summed E-state index contributed by atoms with van der Waals surface area (Å²) < 4.78 is 0. The van der Waals surface area contributed by atoms with Crippen LogP contribution >= 0.6 is 11.8 Å². The summed E-state index contributed by atoms with van der Waals surface area (Å²) in [4.78, 5) is 11.9. The lowest BCUT2D eigenvalue weighted by Crippen LogP contribution is -1.81. The summed E-state index contributed by atoms with van der Waals surface area (Å²) in [6.45, 7) is 7.66. The Morgan fingerprint density at radius 2 is 1.82 bits per heavy atom. The van der Waals surface area contributed by atoms with Gasteiger partial charge >= 0.3 is 0 Å². The first kappa shape index (κ1) is 16.0. The molecule has 0 atom stereocenters. The Bertz CT molecular complexity index is 338. The van der Waals surface area contributed by atoms with Crippen LogP contribution in [-0.4, -0.2) is 11.5 Å². The molecular formula is C15H22OS. The minimum absolute atomic E-state index is 0.121. The quantitative estimate of drug-likeness (QED) is 0.430. The third kappa shape index (κ3) is 8.75. The van der Waals surface area contributed by atoms with E-state index in [1.165, 1.54) is 10.5 Å². The number of hydrogen-bond donors (Lipinski definition) is 0. The van der Waals surface area contributed by atoms with Crippen molar-refractivity contribution in [2.75, 3.05) is 5.75 Å². The number of thioether (sulfide) groups is 1. The molecule has 0 fully saturated rings. The van der Waals surface area contributed by atoms with Crippen molar-refractivity contribution in [3.05, 3.63) is 42.0 Å². The summed E-state index contributed by atoms with van der Waals surface area (Å²) in [6.07, 6.45) is 4.51. The molecule has 0 saturated heterocycles. The molecule has 1 aromatic rings. The van der Waals surface area contributed by atoms with Crippen LogP contribution in [0.2, 0.25) is 0 Å². The monoisotopic (exact) mass is 250 g/mol. The molecule has 0 spiro atoms. The molecule has 0 radical (unpaired) electrons. The third-order valence-corrected chi connectivity index (χ3v) is 2.97. The molecule has 2 heteroatoms. The minimum Gasteiger partial charge on any atom is -0.295 e. The van der Waals surface area contributed by atoms with Gasteiger partial charge in [-0.25, -0.2) is 0 Å². The number of benzene rings is 1. The molecule has 0 amide bonds. The smallest absolute Gasteiger partial charge is 0.152 e. The molecule has 0 unspecified atom stereocenters. The van der Waals surface area contributed by atoms with Crippen molar-refractivity contribution >= 4 is 17.5 Å². The molecule has 17 heavy (non-hydrogen) atoms. The van der Waals surface area contributed by atoms with Crippen molar-refractivity contribution in [1.82, 2.24) is 0 Å². The zero-order valence-electron chi connectivity index (χ0n) is 11.2. The summed E-state index contributed by atoms with van der Waals surface area (Å²) >= 11 is 1.82. The van der Waals surface area contributed by atoms with Crippen LogP contribution in [0.5, 0.6) is 0 Å². The summed E-state index contributed by atoms with van der Waals surface area (Å²) in [5.74, 6) is 1.14. The number of hydrogen-bond acceptors (Lipinski definition) is 2. The van der Waals surface area contributed by atoms with Crippen LogP contribution in [0.4, 0.5) is 0 Å². The zero-order chi connectivity index (χ0) is 13.1. The normalized spacial score (nSPS) is 9.88. The maximum absolute atomic E-state index is 10.6. The molecule has 0 N–H and O–H groups in total. The lowest BCUT2D eigenvalue weighted by molar-refractivity contribution is -0.112. The first-order chi connectivity index (χ1) is 8.18. The van der Waals surface area contributed by atoms with Crippen LogP contribution in [0.15, 0.2) is 41.3 Å². The minimum atomic E-state index is 0.121. The molecule has 0 aliphatic heterocycles. The maximum atomic E-state index is 10.6. The van der Waals surface area contributed by atoms with Gasteiger partial charge in [0.15, 0.2) is 5.78 Å². The van der Waals surface area contributed by atoms with E-state index in [1.807, 2.05) is 31.7 Å². The number of rotatable bonds is 5. The van der Waals surface area contributed by atoms with Crippen LogP contribution in [0.3, 0.4) is 0 Å². The summed E-state index contributed by atoms with van der Waals surface area (Å²) in [5, 5.41) is 0. The van der Waals surface area contributed by atoms with E-state index in [2.05, 4.69) is 31.2 Å². The van der Waals surface area contributed by atoms with Gasteiger partial charge in [0.1, 0.15) is 0 Å². The average molecular weight is 250 g/mol. The van der Waals surface area contributed by atoms with Crippen LogP contribution in [0, 0.1) is 6.92 Å². The van der Waals surface area contributed by atoms with E-state index in [-0.39, 0.29) is 5.78 Å². The summed E-state index contributed by atoms with van der Waals surface area (Å²) in [5.41, 5.74) is 1.29. The van der Waals surface area contributed by atoms with Crippen LogP contribution in [0.25, 0.3) is 0 Å². The largest absolute Gasteiger partial charge is 0.295 e. The highest BCUT2D eigenvalue weighted by Gasteiger charge is 1.92. The van der Waals surface area contributed by atoms with Crippen molar-refractivity contribution in [2.24, 2.45) is 0 Å². The van der Waals surface area contributed by atoms with Gasteiger partial charge in [0, 0.05) is 10.6 Å². The molecule has 94 valence electrons. The Hall–Kier alpha value is -1.02. The summed E-state index contributed by atoms with van der Waals surface area (Å²) in [6, 6.07) is 8.50. The highest BCUT2D eigenvalue weighted by molar-refractivity contribution is 7.99. The molecular weight excluding hydrogens is 228 g/mol. The van der Waals surface area contributed by atoms with Gasteiger partial charge in [0.2, 0.25) is 0 Å². The van der Waals surface area contributed by atoms with Crippen molar-refractivity contribution in [3.8, 4) is 0 Å². The second kappa shape index (κ2) is 10.2. The number of carbonyl (C=O) groups excluding carboxylic acids is 1. The van der Waals surface area contributed by atoms with Gasteiger partial charge in [0.05, 0.1) is 0 Å². The van der Waals surface area contributed by atoms with Gasteiger partial charge in [-0.3, -0.25) is 4.79 Å². The Morgan fingerprint density at radius 1 is 1.24 bits per heavy atom. The predicted octanol–water partition coefficient (Wildman–Crippen LogP) is 4.65. The Labute approximate surface area is 109 Å². The molecule has 0 saturated carbocycles. The molecule has 1 rings (SSSR count). The van der Waals surface area contributed by atoms with Crippen molar-refractivity contribution in [1.29, 1.82) is 0 Å². The zero-order valence-corrected chi connectivity index (χ0v) is 12.0. The third-order valence-electron chi connectivity index (χ3n) is 1.93. The van der Waals surface area contributed by atoms with Gasteiger partial charge in [-0.05, 0) is 38.5 Å². The highest BCUT2D eigenvalue weighted by atomic mass is 32.2. The van der Waals surface area contributed by atoms with E-state index >= 15 is 0 Å². The molecule has 0 heterocycles. The van der Waals surface area contributed by atoms with Gasteiger partial charge in [-0.2, -0.15) is 0 Å². The molecule has 0 aromatic heterocycles. The van der Waals surface area contributed by atoms with E-state index in [0.29, 0.717) is 0 Å². The molecule has 0 bridgehead atoms. The van der Waals surface area contributed by atoms with Gasteiger partial charge in [-0.1, -0.05) is 37.6 Å². The molecule has 1 nitrogen and oxygen atoms in total. The summed E-state index contributed by atoms with van der Waals surface area (Å²) in [7, 11) is 0. The van der Waals surface area contributed by atoms with Crippen LogP contribution < -0.4 is 0 Å². The van der Waals surface area contributed by atoms with E-state index in [9.17, 15) is 4.79 Å². The second-order valence-electron chi connectivity index (χ2n) is 3.46. The predicted molar refractivity (Wildman–Crippen MR) is 77.7 cm³/mol. The Kier molecular flexibility index (Phi) is 9.55. The topological polar surface area (TPSA) is 17.1 Å². The second-order valence-corrected chi connectivity index (χ2v) is 4.63. The van der Waals surface area contributed by atoms with Crippen molar-refractivity contribution < 1.29 is 4.79 Å². The van der Waals surface area contributed by atoms with Crippen LogP contribution in [0.1, 0.15) is 32.8 Å². The number of ketones is 1.